The molecule has 3 fully saturated rings. The third-order valence-electron chi connectivity index (χ3n) is 4.55. The Balaban J connectivity index is 1.47. The molecule has 0 aromatic rings. The molecule has 0 amide bonds. The normalized spacial score (nSPS) is 34.1. The van der Waals surface area contributed by atoms with Crippen LogP contribution in [0.4, 0.5) is 0 Å². The van der Waals surface area contributed by atoms with Crippen molar-refractivity contribution >= 4 is 0 Å². The van der Waals surface area contributed by atoms with Crippen LogP contribution in [0, 0.1) is 5.92 Å². The van der Waals surface area contributed by atoms with Crippen LogP contribution in [0.5, 0.6) is 0 Å². The minimum atomic E-state index is 0.891. The third-order valence-corrected chi connectivity index (χ3v) is 4.55. The van der Waals surface area contributed by atoms with Crippen LogP contribution >= 0.6 is 0 Å². The van der Waals surface area contributed by atoms with Crippen molar-refractivity contribution in [1.82, 2.24) is 10.2 Å². The van der Waals surface area contributed by atoms with Crippen molar-refractivity contribution in [2.75, 3.05) is 13.1 Å². The van der Waals surface area contributed by atoms with Crippen LogP contribution < -0.4 is 5.32 Å². The second kappa shape index (κ2) is 4.66. The van der Waals surface area contributed by atoms with Crippen LogP contribution in [0.3, 0.4) is 0 Å². The molecule has 2 atom stereocenters. The lowest BCUT2D eigenvalue weighted by Gasteiger charge is -2.45. The molecule has 2 heteroatoms. The highest BCUT2D eigenvalue weighted by Gasteiger charge is 2.41. The summed E-state index contributed by atoms with van der Waals surface area (Å²) >= 11 is 0. The van der Waals surface area contributed by atoms with Gasteiger partial charge in [0.25, 0.3) is 0 Å². The number of hydrogen-bond donors (Lipinski definition) is 1. The van der Waals surface area contributed by atoms with E-state index in [9.17, 15) is 0 Å². The van der Waals surface area contributed by atoms with Crippen LogP contribution in [0.2, 0.25) is 0 Å². The highest BCUT2D eigenvalue weighted by atomic mass is 15.2. The first-order valence-electron chi connectivity index (χ1n) is 7.37. The summed E-state index contributed by atoms with van der Waals surface area (Å²) in [6, 6.07) is 2.79. The van der Waals surface area contributed by atoms with Crippen LogP contribution in [0.15, 0.2) is 0 Å². The van der Waals surface area contributed by atoms with E-state index < -0.39 is 0 Å². The molecule has 0 spiro atoms. The lowest BCUT2D eigenvalue weighted by atomic mass is 9.78. The second-order valence-electron chi connectivity index (χ2n) is 6.06. The average molecular weight is 222 g/mol. The summed E-state index contributed by atoms with van der Waals surface area (Å²) in [5.74, 6) is 0.966. The molecule has 0 aliphatic heterocycles. The zero-order valence-corrected chi connectivity index (χ0v) is 10.6. The van der Waals surface area contributed by atoms with Crippen molar-refractivity contribution in [3.8, 4) is 0 Å². The fourth-order valence-electron chi connectivity index (χ4n) is 3.12. The summed E-state index contributed by atoms with van der Waals surface area (Å²) in [5.41, 5.74) is 0. The topological polar surface area (TPSA) is 15.3 Å². The molecule has 0 heterocycles. The Bertz CT molecular complexity index is 233. The van der Waals surface area contributed by atoms with E-state index >= 15 is 0 Å². The second-order valence-corrected chi connectivity index (χ2v) is 6.06. The van der Waals surface area contributed by atoms with Crippen molar-refractivity contribution in [3.05, 3.63) is 0 Å². The first-order valence-corrected chi connectivity index (χ1v) is 7.37. The van der Waals surface area contributed by atoms with Gasteiger partial charge >= 0.3 is 0 Å². The third kappa shape index (κ3) is 2.43. The van der Waals surface area contributed by atoms with E-state index in [0.29, 0.717) is 0 Å². The van der Waals surface area contributed by atoms with Crippen molar-refractivity contribution < 1.29 is 0 Å². The van der Waals surface area contributed by atoms with Gasteiger partial charge in [0.1, 0.15) is 0 Å². The lowest BCUT2D eigenvalue weighted by Crippen LogP contribution is -2.51. The van der Waals surface area contributed by atoms with Gasteiger partial charge in [-0.05, 0) is 64.0 Å². The molecule has 92 valence electrons. The van der Waals surface area contributed by atoms with Crippen molar-refractivity contribution in [2.45, 2.75) is 70.0 Å². The van der Waals surface area contributed by atoms with Crippen molar-refractivity contribution in [1.29, 1.82) is 0 Å². The summed E-state index contributed by atoms with van der Waals surface area (Å²) in [5, 5.41) is 3.72. The van der Waals surface area contributed by atoms with Gasteiger partial charge in [-0.15, -0.1) is 0 Å². The molecule has 0 bridgehead atoms. The SMILES string of the molecule is CCCN(C1CC1)C1CCC1CNC1CC1. The van der Waals surface area contributed by atoms with E-state index in [1.165, 1.54) is 58.0 Å². The standard InChI is InChI=1S/C14H26N2/c1-2-9-16(13-6-7-13)14-8-3-11(14)10-15-12-4-5-12/h11-15H,2-10H2,1H3. The Morgan fingerprint density at radius 2 is 1.88 bits per heavy atom. The highest BCUT2D eigenvalue weighted by molar-refractivity contribution is 4.97. The molecule has 3 saturated carbocycles. The van der Waals surface area contributed by atoms with Gasteiger partial charge < -0.3 is 5.32 Å². The quantitative estimate of drug-likeness (QED) is 0.711. The molecule has 2 unspecified atom stereocenters. The predicted molar refractivity (Wildman–Crippen MR) is 67.6 cm³/mol. The van der Waals surface area contributed by atoms with Gasteiger partial charge in [0.15, 0.2) is 0 Å². The number of nitrogens with one attached hydrogen (secondary N) is 1. The molecule has 3 aliphatic carbocycles. The zero-order valence-electron chi connectivity index (χ0n) is 10.6. The van der Waals surface area contributed by atoms with E-state index in [0.717, 1.165) is 24.0 Å². The number of nitrogens with zero attached hydrogens (tertiary/aromatic N) is 1. The predicted octanol–water partition coefficient (Wildman–Crippen LogP) is 2.39. The zero-order chi connectivity index (χ0) is 11.0. The van der Waals surface area contributed by atoms with Crippen LogP contribution in [0.25, 0.3) is 0 Å². The summed E-state index contributed by atoms with van der Waals surface area (Å²) in [6.07, 6.45) is 10.1. The Labute approximate surface area is 99.8 Å². The largest absolute Gasteiger partial charge is 0.314 e. The maximum Gasteiger partial charge on any atom is 0.0139 e. The number of rotatable bonds is 7. The van der Waals surface area contributed by atoms with Gasteiger partial charge in [0.05, 0.1) is 0 Å². The van der Waals surface area contributed by atoms with Gasteiger partial charge in [0, 0.05) is 18.1 Å². The smallest absolute Gasteiger partial charge is 0.0139 e. The van der Waals surface area contributed by atoms with Gasteiger partial charge in [-0.1, -0.05) is 6.92 Å². The fraction of sp³-hybridized carbons (Fsp3) is 1.00. The maximum atomic E-state index is 3.72. The minimum absolute atomic E-state index is 0.891. The monoisotopic (exact) mass is 222 g/mol. The Hall–Kier alpha value is -0.0800. The van der Waals surface area contributed by atoms with E-state index in [2.05, 4.69) is 17.1 Å². The molecule has 3 rings (SSSR count). The molecule has 3 aliphatic rings. The van der Waals surface area contributed by atoms with Crippen LogP contribution in [-0.2, 0) is 0 Å². The summed E-state index contributed by atoms with van der Waals surface area (Å²) in [6.45, 7) is 4.96. The lowest BCUT2D eigenvalue weighted by molar-refractivity contribution is 0.0547. The molecule has 0 saturated heterocycles. The van der Waals surface area contributed by atoms with E-state index in [1.807, 2.05) is 0 Å². The molecular formula is C14H26N2. The fourth-order valence-corrected chi connectivity index (χ4v) is 3.12. The van der Waals surface area contributed by atoms with E-state index in [1.54, 1.807) is 0 Å². The molecule has 2 nitrogen and oxygen atoms in total. The Kier molecular flexibility index (Phi) is 3.21. The molecule has 1 N–H and O–H groups in total. The van der Waals surface area contributed by atoms with Crippen molar-refractivity contribution in [3.63, 3.8) is 0 Å². The van der Waals surface area contributed by atoms with E-state index in [-0.39, 0.29) is 0 Å². The van der Waals surface area contributed by atoms with Gasteiger partial charge in [-0.25, -0.2) is 0 Å². The molecule has 0 aromatic carbocycles. The first-order chi connectivity index (χ1) is 7.88. The van der Waals surface area contributed by atoms with Gasteiger partial charge in [-0.2, -0.15) is 0 Å². The highest BCUT2D eigenvalue weighted by Crippen LogP contribution is 2.39. The van der Waals surface area contributed by atoms with Gasteiger partial charge in [0.2, 0.25) is 0 Å². The van der Waals surface area contributed by atoms with Crippen molar-refractivity contribution in [2.24, 2.45) is 5.92 Å². The Morgan fingerprint density at radius 3 is 2.38 bits per heavy atom. The molecule has 0 radical (unpaired) electrons. The number of hydrogen-bond acceptors (Lipinski definition) is 2. The molecule has 0 aromatic heterocycles. The Morgan fingerprint density at radius 1 is 1.06 bits per heavy atom. The molecule has 16 heavy (non-hydrogen) atoms. The van der Waals surface area contributed by atoms with E-state index in [4.69, 9.17) is 0 Å². The summed E-state index contributed by atoms with van der Waals surface area (Å²) in [4.78, 5) is 2.84. The average Bonchev–Trinajstić information content (AvgIpc) is 3.10. The maximum absolute atomic E-state index is 3.72. The molecular weight excluding hydrogens is 196 g/mol. The van der Waals surface area contributed by atoms with Crippen LogP contribution in [0.1, 0.15) is 51.9 Å². The summed E-state index contributed by atoms with van der Waals surface area (Å²) in [7, 11) is 0. The van der Waals surface area contributed by atoms with Gasteiger partial charge in [-0.3, -0.25) is 4.90 Å². The minimum Gasteiger partial charge on any atom is -0.314 e. The first kappa shape index (κ1) is 11.0. The summed E-state index contributed by atoms with van der Waals surface area (Å²) < 4.78 is 0. The van der Waals surface area contributed by atoms with Crippen LogP contribution in [-0.4, -0.2) is 36.1 Å².